The molecular formula is C21H20ClN3O. The normalized spacial score (nSPS) is 11.3. The maximum atomic E-state index is 12.8. The van der Waals surface area contributed by atoms with Crippen molar-refractivity contribution in [3.05, 3.63) is 89.5 Å². The molecule has 1 aromatic heterocycles. The first-order valence-electron chi connectivity index (χ1n) is 8.49. The molecule has 0 bridgehead atoms. The van der Waals surface area contributed by atoms with E-state index in [1.54, 1.807) is 12.5 Å². The van der Waals surface area contributed by atoms with Gasteiger partial charge < -0.3 is 9.88 Å². The summed E-state index contributed by atoms with van der Waals surface area (Å²) < 4.78 is 1.99. The lowest BCUT2D eigenvalue weighted by molar-refractivity contribution is -0.115. The van der Waals surface area contributed by atoms with Gasteiger partial charge in [0.05, 0.1) is 6.33 Å². The number of hydrogen-bond donors (Lipinski definition) is 1. The predicted molar refractivity (Wildman–Crippen MR) is 106 cm³/mol. The maximum absolute atomic E-state index is 12.8. The SMILES string of the molecule is O=C(NCCCn1ccnc1)/C(=C/c1ccccc1Cl)c1ccccc1. The lowest BCUT2D eigenvalue weighted by Crippen LogP contribution is -2.26. The topological polar surface area (TPSA) is 46.9 Å². The van der Waals surface area contributed by atoms with Crippen LogP contribution in [-0.4, -0.2) is 22.0 Å². The van der Waals surface area contributed by atoms with Crippen molar-refractivity contribution < 1.29 is 4.79 Å². The number of benzene rings is 2. The number of carbonyl (C=O) groups is 1. The summed E-state index contributed by atoms with van der Waals surface area (Å²) in [5.41, 5.74) is 2.28. The highest BCUT2D eigenvalue weighted by Crippen LogP contribution is 2.23. The molecule has 0 aliphatic carbocycles. The zero-order chi connectivity index (χ0) is 18.2. The van der Waals surface area contributed by atoms with Crippen LogP contribution in [0, 0.1) is 0 Å². The highest BCUT2D eigenvalue weighted by Gasteiger charge is 2.12. The van der Waals surface area contributed by atoms with E-state index in [2.05, 4.69) is 10.3 Å². The van der Waals surface area contributed by atoms with E-state index in [9.17, 15) is 4.79 Å². The molecule has 0 spiro atoms. The Bertz CT molecular complexity index is 873. The molecule has 3 rings (SSSR count). The second-order valence-corrected chi connectivity index (χ2v) is 6.26. The molecule has 5 heteroatoms. The fraction of sp³-hybridized carbons (Fsp3) is 0.143. The van der Waals surface area contributed by atoms with E-state index in [-0.39, 0.29) is 5.91 Å². The number of imidazole rings is 1. The average Bonchev–Trinajstić information content (AvgIpc) is 3.18. The Labute approximate surface area is 158 Å². The van der Waals surface area contributed by atoms with Crippen molar-refractivity contribution in [3.63, 3.8) is 0 Å². The van der Waals surface area contributed by atoms with Gasteiger partial charge in [-0.3, -0.25) is 4.79 Å². The van der Waals surface area contributed by atoms with Crippen LogP contribution in [0.2, 0.25) is 5.02 Å². The third-order valence-electron chi connectivity index (χ3n) is 3.97. The van der Waals surface area contributed by atoms with Gasteiger partial charge in [-0.2, -0.15) is 0 Å². The highest BCUT2D eigenvalue weighted by atomic mass is 35.5. The molecule has 0 aliphatic rings. The van der Waals surface area contributed by atoms with E-state index < -0.39 is 0 Å². The summed E-state index contributed by atoms with van der Waals surface area (Å²) >= 11 is 6.26. The maximum Gasteiger partial charge on any atom is 0.251 e. The van der Waals surface area contributed by atoms with Crippen LogP contribution in [0.25, 0.3) is 11.6 Å². The first kappa shape index (κ1) is 18.0. The summed E-state index contributed by atoms with van der Waals surface area (Å²) in [6.07, 6.45) is 8.10. The van der Waals surface area contributed by atoms with E-state index in [1.807, 2.05) is 71.4 Å². The monoisotopic (exact) mass is 365 g/mol. The number of aryl methyl sites for hydroxylation is 1. The van der Waals surface area contributed by atoms with Gasteiger partial charge in [0.2, 0.25) is 0 Å². The van der Waals surface area contributed by atoms with Crippen molar-refractivity contribution in [1.82, 2.24) is 14.9 Å². The lowest BCUT2D eigenvalue weighted by Gasteiger charge is -2.10. The highest BCUT2D eigenvalue weighted by molar-refractivity contribution is 6.33. The van der Waals surface area contributed by atoms with E-state index in [4.69, 9.17) is 11.6 Å². The summed E-state index contributed by atoms with van der Waals surface area (Å²) in [4.78, 5) is 16.8. The zero-order valence-corrected chi connectivity index (χ0v) is 15.1. The van der Waals surface area contributed by atoms with E-state index in [0.29, 0.717) is 17.1 Å². The number of hydrogen-bond acceptors (Lipinski definition) is 2. The van der Waals surface area contributed by atoms with Crippen LogP contribution in [0.3, 0.4) is 0 Å². The quantitative estimate of drug-likeness (QED) is 0.386. The largest absolute Gasteiger partial charge is 0.352 e. The fourth-order valence-electron chi connectivity index (χ4n) is 2.62. The molecule has 0 saturated carbocycles. The summed E-state index contributed by atoms with van der Waals surface area (Å²) in [5, 5.41) is 3.62. The summed E-state index contributed by atoms with van der Waals surface area (Å²) in [5.74, 6) is -0.109. The van der Waals surface area contributed by atoms with Crippen molar-refractivity contribution in [2.24, 2.45) is 0 Å². The number of nitrogens with one attached hydrogen (secondary N) is 1. The molecule has 26 heavy (non-hydrogen) atoms. The number of aromatic nitrogens is 2. The van der Waals surface area contributed by atoms with Crippen molar-refractivity contribution >= 4 is 29.2 Å². The molecule has 0 aliphatic heterocycles. The second-order valence-electron chi connectivity index (χ2n) is 5.86. The smallest absolute Gasteiger partial charge is 0.251 e. The standard InChI is InChI=1S/C21H20ClN3O/c22-20-10-5-4-9-18(20)15-19(17-7-2-1-3-8-17)21(26)24-11-6-13-25-14-12-23-16-25/h1-5,7-10,12,14-16H,6,11,13H2,(H,24,26)/b19-15+. The first-order valence-corrected chi connectivity index (χ1v) is 8.87. The van der Waals surface area contributed by atoms with E-state index in [0.717, 1.165) is 24.1 Å². The van der Waals surface area contributed by atoms with Gasteiger partial charge in [-0.15, -0.1) is 0 Å². The second kappa shape index (κ2) is 9.02. The van der Waals surface area contributed by atoms with E-state index in [1.165, 1.54) is 0 Å². The third kappa shape index (κ3) is 4.83. The average molecular weight is 366 g/mol. The lowest BCUT2D eigenvalue weighted by atomic mass is 10.0. The Morgan fingerprint density at radius 3 is 2.62 bits per heavy atom. The van der Waals surface area contributed by atoms with Crippen molar-refractivity contribution in [2.75, 3.05) is 6.54 Å². The Balaban J connectivity index is 1.73. The van der Waals surface area contributed by atoms with Crippen LogP contribution in [-0.2, 0) is 11.3 Å². The zero-order valence-electron chi connectivity index (χ0n) is 14.3. The number of nitrogens with zero attached hydrogens (tertiary/aromatic N) is 2. The molecule has 1 N–H and O–H groups in total. The molecule has 4 nitrogen and oxygen atoms in total. The molecule has 3 aromatic rings. The van der Waals surface area contributed by atoms with Crippen LogP contribution in [0.5, 0.6) is 0 Å². The molecule has 0 radical (unpaired) electrons. The minimum Gasteiger partial charge on any atom is -0.352 e. The van der Waals surface area contributed by atoms with Gasteiger partial charge in [0, 0.05) is 36.1 Å². The van der Waals surface area contributed by atoms with Crippen molar-refractivity contribution in [3.8, 4) is 0 Å². The fourth-order valence-corrected chi connectivity index (χ4v) is 2.81. The first-order chi connectivity index (χ1) is 12.7. The van der Waals surface area contributed by atoms with E-state index >= 15 is 0 Å². The number of amides is 1. The van der Waals surface area contributed by atoms with Gasteiger partial charge in [0.15, 0.2) is 0 Å². The van der Waals surface area contributed by atoms with Crippen LogP contribution in [0.4, 0.5) is 0 Å². The summed E-state index contributed by atoms with van der Waals surface area (Å²) in [6.45, 7) is 1.40. The summed E-state index contributed by atoms with van der Waals surface area (Å²) in [6, 6.07) is 17.1. The van der Waals surface area contributed by atoms with Gasteiger partial charge in [0.1, 0.15) is 0 Å². The number of rotatable bonds is 7. The predicted octanol–water partition coefficient (Wildman–Crippen LogP) is 4.28. The molecular weight excluding hydrogens is 346 g/mol. The Kier molecular flexibility index (Phi) is 6.23. The molecule has 1 amide bonds. The summed E-state index contributed by atoms with van der Waals surface area (Å²) in [7, 11) is 0. The Hall–Kier alpha value is -2.85. The molecule has 1 heterocycles. The minimum absolute atomic E-state index is 0.109. The molecule has 132 valence electrons. The molecule has 2 aromatic carbocycles. The Morgan fingerprint density at radius 1 is 1.12 bits per heavy atom. The van der Waals surface area contributed by atoms with Gasteiger partial charge in [0.25, 0.3) is 5.91 Å². The molecule has 0 saturated heterocycles. The molecule has 0 fully saturated rings. The third-order valence-corrected chi connectivity index (χ3v) is 4.32. The van der Waals surface area contributed by atoms with Crippen molar-refractivity contribution in [2.45, 2.75) is 13.0 Å². The van der Waals surface area contributed by atoms with Gasteiger partial charge in [-0.05, 0) is 29.7 Å². The van der Waals surface area contributed by atoms with Crippen LogP contribution >= 0.6 is 11.6 Å². The number of carbonyl (C=O) groups excluding carboxylic acids is 1. The van der Waals surface area contributed by atoms with Gasteiger partial charge in [-0.1, -0.05) is 60.1 Å². The van der Waals surface area contributed by atoms with Crippen molar-refractivity contribution in [1.29, 1.82) is 0 Å². The minimum atomic E-state index is -0.109. The molecule has 0 unspecified atom stereocenters. The van der Waals surface area contributed by atoms with Gasteiger partial charge >= 0.3 is 0 Å². The van der Waals surface area contributed by atoms with Crippen LogP contribution < -0.4 is 5.32 Å². The van der Waals surface area contributed by atoms with Crippen LogP contribution in [0.15, 0.2) is 73.3 Å². The van der Waals surface area contributed by atoms with Crippen LogP contribution in [0.1, 0.15) is 17.5 Å². The Morgan fingerprint density at radius 2 is 1.88 bits per heavy atom. The molecule has 0 atom stereocenters. The number of halogens is 1. The van der Waals surface area contributed by atoms with Gasteiger partial charge in [-0.25, -0.2) is 4.98 Å².